The van der Waals surface area contributed by atoms with E-state index in [1.54, 1.807) is 38.5 Å². The van der Waals surface area contributed by atoms with Gasteiger partial charge in [0, 0.05) is 61.4 Å². The molecular formula is C31H32ClN5O5. The number of benzene rings is 3. The van der Waals surface area contributed by atoms with E-state index >= 15 is 0 Å². The van der Waals surface area contributed by atoms with Gasteiger partial charge in [-0.2, -0.15) is 0 Å². The molecule has 1 N–H and O–H groups in total. The predicted octanol–water partition coefficient (Wildman–Crippen LogP) is 4.36. The molecule has 1 aromatic heterocycles. The molecule has 11 heteroatoms. The van der Waals surface area contributed by atoms with Crippen LogP contribution in [0.5, 0.6) is 17.2 Å². The average Bonchev–Trinajstić information content (AvgIpc) is 3.03. The van der Waals surface area contributed by atoms with Gasteiger partial charge in [0.15, 0.2) is 17.3 Å². The fourth-order valence-electron chi connectivity index (χ4n) is 4.78. The maximum absolute atomic E-state index is 12.9. The quantitative estimate of drug-likeness (QED) is 0.291. The number of hydrogen-bond donors (Lipinski definition) is 1. The SMILES string of the molecule is COc1cccc(N2CCN(C(=O)CCc3nnc(-c4ccc(OCc5cccc(Cl)c5)c(OC)c4)[nH]c3=O)CC2)c1. The summed E-state index contributed by atoms with van der Waals surface area (Å²) in [6, 6.07) is 20.6. The first-order valence-corrected chi connectivity index (χ1v) is 14.0. The highest BCUT2D eigenvalue weighted by atomic mass is 35.5. The molecule has 1 fully saturated rings. The lowest BCUT2D eigenvalue weighted by molar-refractivity contribution is -0.131. The molecule has 2 heterocycles. The van der Waals surface area contributed by atoms with Gasteiger partial charge < -0.3 is 29.0 Å². The molecule has 5 rings (SSSR count). The summed E-state index contributed by atoms with van der Waals surface area (Å²) in [7, 11) is 3.19. The van der Waals surface area contributed by atoms with Crippen molar-refractivity contribution in [3.63, 3.8) is 0 Å². The third kappa shape index (κ3) is 7.01. The molecule has 0 atom stereocenters. The van der Waals surface area contributed by atoms with Crippen molar-refractivity contribution in [1.82, 2.24) is 20.1 Å². The second-order valence-electron chi connectivity index (χ2n) is 9.80. The Bertz CT molecular complexity index is 1600. The van der Waals surface area contributed by atoms with Crippen molar-refractivity contribution in [3.8, 4) is 28.6 Å². The fraction of sp³-hybridized carbons (Fsp3) is 0.290. The first-order valence-electron chi connectivity index (χ1n) is 13.6. The smallest absolute Gasteiger partial charge is 0.273 e. The highest BCUT2D eigenvalue weighted by molar-refractivity contribution is 6.30. The van der Waals surface area contributed by atoms with E-state index in [1.165, 1.54) is 0 Å². The Labute approximate surface area is 248 Å². The van der Waals surface area contributed by atoms with Gasteiger partial charge in [0.1, 0.15) is 18.1 Å². The van der Waals surface area contributed by atoms with Crippen LogP contribution < -0.4 is 24.7 Å². The van der Waals surface area contributed by atoms with Gasteiger partial charge in [-0.15, -0.1) is 10.2 Å². The molecule has 1 amide bonds. The number of methoxy groups -OCH3 is 2. The summed E-state index contributed by atoms with van der Waals surface area (Å²) >= 11 is 6.05. The number of nitrogens with one attached hydrogen (secondary N) is 1. The van der Waals surface area contributed by atoms with E-state index < -0.39 is 0 Å². The Morgan fingerprint density at radius 1 is 0.929 bits per heavy atom. The normalized spacial score (nSPS) is 13.1. The van der Waals surface area contributed by atoms with Crippen LogP contribution >= 0.6 is 11.6 Å². The first-order chi connectivity index (χ1) is 20.4. The number of rotatable bonds is 10. The molecule has 0 unspecified atom stereocenters. The largest absolute Gasteiger partial charge is 0.497 e. The van der Waals surface area contributed by atoms with Crippen LogP contribution in [0.15, 0.2) is 71.5 Å². The third-order valence-corrected chi connectivity index (χ3v) is 7.35. The van der Waals surface area contributed by atoms with Crippen LogP contribution in [-0.4, -0.2) is 66.4 Å². The number of aryl methyl sites for hydroxylation is 1. The van der Waals surface area contributed by atoms with E-state index in [2.05, 4.69) is 20.1 Å². The standard InChI is InChI=1S/C31H32ClN5O5/c1-40-25-8-4-7-24(19-25)36-13-15-37(16-14-36)29(38)12-10-26-31(39)33-30(35-34-26)22-9-11-27(28(18-22)41-2)42-20-21-5-3-6-23(32)17-21/h3-9,11,17-19H,10,12-16,20H2,1-2H3,(H,33,35,39). The maximum Gasteiger partial charge on any atom is 0.273 e. The molecule has 0 aliphatic carbocycles. The van der Waals surface area contributed by atoms with Crippen LogP contribution in [0.1, 0.15) is 17.7 Å². The van der Waals surface area contributed by atoms with Gasteiger partial charge in [-0.3, -0.25) is 9.59 Å². The number of anilines is 1. The summed E-state index contributed by atoms with van der Waals surface area (Å²) in [4.78, 5) is 32.5. The number of halogens is 1. The zero-order valence-electron chi connectivity index (χ0n) is 23.5. The van der Waals surface area contributed by atoms with Gasteiger partial charge in [-0.1, -0.05) is 29.8 Å². The van der Waals surface area contributed by atoms with Crippen LogP contribution in [-0.2, 0) is 17.8 Å². The highest BCUT2D eigenvalue weighted by Crippen LogP contribution is 2.32. The zero-order valence-corrected chi connectivity index (χ0v) is 24.3. The van der Waals surface area contributed by atoms with E-state index in [1.807, 2.05) is 47.4 Å². The van der Waals surface area contributed by atoms with Crippen LogP contribution in [0, 0.1) is 0 Å². The number of carbonyl (C=O) groups is 1. The first kappa shape index (κ1) is 28.9. The van der Waals surface area contributed by atoms with Crippen LogP contribution in [0.25, 0.3) is 11.4 Å². The summed E-state index contributed by atoms with van der Waals surface area (Å²) in [5.41, 5.74) is 2.45. The minimum absolute atomic E-state index is 0.0105. The third-order valence-electron chi connectivity index (χ3n) is 7.11. The van der Waals surface area contributed by atoms with Gasteiger partial charge in [-0.05, 0) is 48.0 Å². The van der Waals surface area contributed by atoms with Crippen LogP contribution in [0.4, 0.5) is 5.69 Å². The number of ether oxygens (including phenoxy) is 3. The molecular weight excluding hydrogens is 558 g/mol. The van der Waals surface area contributed by atoms with Crippen molar-refractivity contribution in [2.45, 2.75) is 19.4 Å². The number of piperazine rings is 1. The number of aromatic nitrogens is 3. The van der Waals surface area contributed by atoms with Crippen LogP contribution in [0.2, 0.25) is 5.02 Å². The van der Waals surface area contributed by atoms with Crippen molar-refractivity contribution in [3.05, 3.63) is 93.4 Å². The number of amides is 1. The second kappa shape index (κ2) is 13.4. The number of carbonyl (C=O) groups excluding carboxylic acids is 1. The molecule has 42 heavy (non-hydrogen) atoms. The highest BCUT2D eigenvalue weighted by Gasteiger charge is 2.22. The van der Waals surface area contributed by atoms with E-state index in [0.717, 1.165) is 30.1 Å². The minimum atomic E-state index is -0.379. The van der Waals surface area contributed by atoms with Gasteiger partial charge >= 0.3 is 0 Å². The van der Waals surface area contributed by atoms with Crippen molar-refractivity contribution in [2.75, 3.05) is 45.3 Å². The summed E-state index contributed by atoms with van der Waals surface area (Å²) in [6.45, 7) is 2.98. The lowest BCUT2D eigenvalue weighted by atomic mass is 10.1. The fourth-order valence-corrected chi connectivity index (χ4v) is 4.99. The molecule has 4 aromatic rings. The number of nitrogens with zero attached hydrogens (tertiary/aromatic N) is 4. The van der Waals surface area contributed by atoms with Crippen LogP contribution in [0.3, 0.4) is 0 Å². The molecule has 1 aliphatic heterocycles. The number of hydrogen-bond acceptors (Lipinski definition) is 8. The predicted molar refractivity (Wildman–Crippen MR) is 161 cm³/mol. The van der Waals surface area contributed by atoms with Gasteiger partial charge in [0.05, 0.1) is 14.2 Å². The van der Waals surface area contributed by atoms with E-state index in [0.29, 0.717) is 47.6 Å². The number of H-pyrrole nitrogens is 1. The van der Waals surface area contributed by atoms with Crippen molar-refractivity contribution >= 4 is 23.2 Å². The monoisotopic (exact) mass is 589 g/mol. The molecule has 10 nitrogen and oxygen atoms in total. The van der Waals surface area contributed by atoms with E-state index in [4.69, 9.17) is 25.8 Å². The zero-order chi connectivity index (χ0) is 29.5. The molecule has 0 spiro atoms. The van der Waals surface area contributed by atoms with Gasteiger partial charge in [-0.25, -0.2) is 0 Å². The van der Waals surface area contributed by atoms with E-state index in [9.17, 15) is 9.59 Å². The molecule has 0 radical (unpaired) electrons. The average molecular weight is 590 g/mol. The van der Waals surface area contributed by atoms with Crippen molar-refractivity contribution in [2.24, 2.45) is 0 Å². The summed E-state index contributed by atoms with van der Waals surface area (Å²) < 4.78 is 16.7. The molecule has 0 bridgehead atoms. The molecule has 218 valence electrons. The Morgan fingerprint density at radius 3 is 2.48 bits per heavy atom. The lowest BCUT2D eigenvalue weighted by Gasteiger charge is -2.36. The van der Waals surface area contributed by atoms with Gasteiger partial charge in [0.2, 0.25) is 5.91 Å². The maximum atomic E-state index is 12.9. The van der Waals surface area contributed by atoms with Crippen molar-refractivity contribution < 1.29 is 19.0 Å². The summed E-state index contributed by atoms with van der Waals surface area (Å²) in [5.74, 6) is 2.11. The molecule has 1 aliphatic rings. The molecule has 1 saturated heterocycles. The topological polar surface area (TPSA) is 110 Å². The van der Waals surface area contributed by atoms with Crippen molar-refractivity contribution in [1.29, 1.82) is 0 Å². The Morgan fingerprint density at radius 2 is 1.74 bits per heavy atom. The number of aromatic amines is 1. The molecule has 3 aromatic carbocycles. The Kier molecular flexibility index (Phi) is 9.23. The Balaban J connectivity index is 1.16. The summed E-state index contributed by atoms with van der Waals surface area (Å²) in [5, 5.41) is 8.98. The Hall–Kier alpha value is -4.57. The van der Waals surface area contributed by atoms with E-state index in [-0.39, 0.29) is 30.0 Å². The lowest BCUT2D eigenvalue weighted by Crippen LogP contribution is -2.48. The minimum Gasteiger partial charge on any atom is -0.497 e. The summed E-state index contributed by atoms with van der Waals surface area (Å²) in [6.07, 6.45) is 0.389. The second-order valence-corrected chi connectivity index (χ2v) is 10.2. The van der Waals surface area contributed by atoms with Gasteiger partial charge in [0.25, 0.3) is 5.56 Å². The molecule has 0 saturated carbocycles.